The molecule has 0 saturated carbocycles. The van der Waals surface area contributed by atoms with Gasteiger partial charge in [0, 0.05) is 12.6 Å². The van der Waals surface area contributed by atoms with Crippen molar-refractivity contribution in [2.24, 2.45) is 5.92 Å². The van der Waals surface area contributed by atoms with Crippen LogP contribution in [0, 0.1) is 5.92 Å². The van der Waals surface area contributed by atoms with Crippen LogP contribution in [0.1, 0.15) is 33.6 Å². The summed E-state index contributed by atoms with van der Waals surface area (Å²) in [6, 6.07) is 0.724. The van der Waals surface area contributed by atoms with E-state index in [1.54, 1.807) is 5.57 Å². The lowest BCUT2D eigenvalue weighted by Gasteiger charge is -2.12. The molecular weight excluding hydrogens is 134 g/mol. The highest BCUT2D eigenvalue weighted by molar-refractivity contribution is 5.19. The van der Waals surface area contributed by atoms with E-state index in [-0.39, 0.29) is 0 Å². The first-order valence-corrected chi connectivity index (χ1v) is 4.69. The van der Waals surface area contributed by atoms with Crippen LogP contribution in [-0.2, 0) is 0 Å². The summed E-state index contributed by atoms with van der Waals surface area (Å²) in [5.41, 5.74) is 1.62. The van der Waals surface area contributed by atoms with Gasteiger partial charge in [-0.2, -0.15) is 0 Å². The van der Waals surface area contributed by atoms with E-state index in [1.165, 1.54) is 19.4 Å². The Morgan fingerprint density at radius 2 is 2.36 bits per heavy atom. The lowest BCUT2D eigenvalue weighted by Crippen LogP contribution is -2.06. The van der Waals surface area contributed by atoms with Crippen molar-refractivity contribution in [3.8, 4) is 0 Å². The van der Waals surface area contributed by atoms with Gasteiger partial charge in [-0.15, -0.1) is 0 Å². The van der Waals surface area contributed by atoms with Crippen LogP contribution in [0.15, 0.2) is 11.6 Å². The normalized spacial score (nSPS) is 26.8. The number of hydrogen-bond acceptors (Lipinski definition) is 1. The molecule has 1 rings (SSSR count). The smallest absolute Gasteiger partial charge is 0.0409 e. The molecule has 1 N–H and O–H groups in total. The molecule has 1 aliphatic rings. The molecule has 2 unspecified atom stereocenters. The summed E-state index contributed by atoms with van der Waals surface area (Å²) in [7, 11) is 0. The van der Waals surface area contributed by atoms with Gasteiger partial charge in [-0.3, -0.25) is 0 Å². The van der Waals surface area contributed by atoms with Crippen LogP contribution < -0.4 is 5.32 Å². The highest BCUT2D eigenvalue weighted by Gasteiger charge is 2.26. The first-order valence-electron chi connectivity index (χ1n) is 4.69. The zero-order valence-corrected chi connectivity index (χ0v) is 7.85. The van der Waals surface area contributed by atoms with Gasteiger partial charge in [0.1, 0.15) is 0 Å². The van der Waals surface area contributed by atoms with Crippen LogP contribution >= 0.6 is 0 Å². The standard InChI is InChI=1S/C10H19N/c1-4-6-8(3)9(5-2)10-7-11-10/h5,8,10-11H,4,6-7H2,1-3H3/b9-5+. The Morgan fingerprint density at radius 3 is 2.73 bits per heavy atom. The molecule has 2 atom stereocenters. The average molecular weight is 153 g/mol. The predicted octanol–water partition coefficient (Wildman–Crippen LogP) is 2.34. The molecule has 1 fully saturated rings. The number of hydrogen-bond donors (Lipinski definition) is 1. The molecule has 1 saturated heterocycles. The van der Waals surface area contributed by atoms with E-state index in [9.17, 15) is 0 Å². The second-order valence-corrected chi connectivity index (χ2v) is 3.44. The Balaban J connectivity index is 2.40. The molecule has 64 valence electrons. The summed E-state index contributed by atoms with van der Waals surface area (Å²) in [5.74, 6) is 0.782. The summed E-state index contributed by atoms with van der Waals surface area (Å²) < 4.78 is 0. The van der Waals surface area contributed by atoms with Crippen molar-refractivity contribution in [3.05, 3.63) is 11.6 Å². The monoisotopic (exact) mass is 153 g/mol. The molecule has 1 nitrogen and oxygen atoms in total. The molecule has 0 spiro atoms. The van der Waals surface area contributed by atoms with Crippen LogP contribution in [-0.4, -0.2) is 12.6 Å². The molecule has 11 heavy (non-hydrogen) atoms. The molecular formula is C10H19N. The van der Waals surface area contributed by atoms with Crippen LogP contribution in [0.5, 0.6) is 0 Å². The summed E-state index contributed by atoms with van der Waals surface area (Å²) >= 11 is 0. The fraction of sp³-hybridized carbons (Fsp3) is 0.800. The summed E-state index contributed by atoms with van der Waals surface area (Å²) in [6.07, 6.45) is 4.91. The van der Waals surface area contributed by atoms with Gasteiger partial charge in [-0.25, -0.2) is 0 Å². The molecule has 1 aliphatic heterocycles. The van der Waals surface area contributed by atoms with Crippen molar-refractivity contribution in [1.82, 2.24) is 5.32 Å². The zero-order valence-electron chi connectivity index (χ0n) is 7.85. The fourth-order valence-electron chi connectivity index (χ4n) is 1.72. The molecule has 0 aromatic heterocycles. The van der Waals surface area contributed by atoms with Gasteiger partial charge < -0.3 is 5.32 Å². The van der Waals surface area contributed by atoms with E-state index in [0.29, 0.717) is 0 Å². The first-order chi connectivity index (χ1) is 5.29. The van der Waals surface area contributed by atoms with E-state index in [4.69, 9.17) is 0 Å². The minimum Gasteiger partial charge on any atom is -0.307 e. The molecule has 0 radical (unpaired) electrons. The number of nitrogens with one attached hydrogen (secondary N) is 1. The van der Waals surface area contributed by atoms with E-state index in [1.807, 2.05) is 0 Å². The van der Waals surface area contributed by atoms with Crippen molar-refractivity contribution in [1.29, 1.82) is 0 Å². The minimum atomic E-state index is 0.724. The van der Waals surface area contributed by atoms with Crippen LogP contribution in [0.3, 0.4) is 0 Å². The maximum Gasteiger partial charge on any atom is 0.0409 e. The quantitative estimate of drug-likeness (QED) is 0.486. The Hall–Kier alpha value is -0.300. The van der Waals surface area contributed by atoms with Gasteiger partial charge in [-0.1, -0.05) is 31.9 Å². The molecule has 1 heteroatoms. The predicted molar refractivity (Wildman–Crippen MR) is 49.6 cm³/mol. The van der Waals surface area contributed by atoms with Crippen molar-refractivity contribution in [2.45, 2.75) is 39.7 Å². The topological polar surface area (TPSA) is 21.9 Å². The third-order valence-corrected chi connectivity index (χ3v) is 2.43. The lowest BCUT2D eigenvalue weighted by molar-refractivity contribution is 0.586. The summed E-state index contributed by atoms with van der Waals surface area (Å²) in [5, 5.41) is 3.36. The van der Waals surface area contributed by atoms with E-state index in [2.05, 4.69) is 32.2 Å². The van der Waals surface area contributed by atoms with Crippen molar-refractivity contribution < 1.29 is 0 Å². The van der Waals surface area contributed by atoms with Crippen molar-refractivity contribution in [2.75, 3.05) is 6.54 Å². The Bertz CT molecular complexity index is 145. The average Bonchev–Trinajstić information content (AvgIpc) is 2.73. The van der Waals surface area contributed by atoms with Gasteiger partial charge in [0.05, 0.1) is 0 Å². The van der Waals surface area contributed by atoms with Gasteiger partial charge >= 0.3 is 0 Å². The molecule has 0 bridgehead atoms. The minimum absolute atomic E-state index is 0.724. The fourth-order valence-corrected chi connectivity index (χ4v) is 1.72. The Labute approximate surface area is 69.9 Å². The Morgan fingerprint density at radius 1 is 1.73 bits per heavy atom. The zero-order chi connectivity index (χ0) is 8.27. The first kappa shape index (κ1) is 8.79. The highest BCUT2D eigenvalue weighted by atomic mass is 15.1. The second-order valence-electron chi connectivity index (χ2n) is 3.44. The third-order valence-electron chi connectivity index (χ3n) is 2.43. The molecule has 0 aliphatic carbocycles. The van der Waals surface area contributed by atoms with Gasteiger partial charge in [0.25, 0.3) is 0 Å². The van der Waals surface area contributed by atoms with E-state index in [0.717, 1.165) is 12.0 Å². The molecule has 1 heterocycles. The van der Waals surface area contributed by atoms with Gasteiger partial charge in [0.2, 0.25) is 0 Å². The van der Waals surface area contributed by atoms with E-state index < -0.39 is 0 Å². The van der Waals surface area contributed by atoms with Gasteiger partial charge in [0.15, 0.2) is 0 Å². The number of allylic oxidation sites excluding steroid dienone is 1. The third kappa shape index (κ3) is 2.33. The van der Waals surface area contributed by atoms with Crippen LogP contribution in [0.25, 0.3) is 0 Å². The van der Waals surface area contributed by atoms with Crippen molar-refractivity contribution in [3.63, 3.8) is 0 Å². The molecule has 0 aromatic rings. The second kappa shape index (κ2) is 3.91. The largest absolute Gasteiger partial charge is 0.307 e. The maximum atomic E-state index is 3.36. The Kier molecular flexibility index (Phi) is 3.13. The van der Waals surface area contributed by atoms with Crippen LogP contribution in [0.2, 0.25) is 0 Å². The van der Waals surface area contributed by atoms with E-state index >= 15 is 0 Å². The SMILES string of the molecule is C/C=C(\C(C)CCC)C1CN1. The lowest BCUT2D eigenvalue weighted by atomic mass is 9.94. The number of rotatable bonds is 4. The highest BCUT2D eigenvalue weighted by Crippen LogP contribution is 2.23. The summed E-state index contributed by atoms with van der Waals surface area (Å²) in [6.45, 7) is 7.94. The summed E-state index contributed by atoms with van der Waals surface area (Å²) in [4.78, 5) is 0. The van der Waals surface area contributed by atoms with Crippen molar-refractivity contribution >= 4 is 0 Å². The molecule has 0 aromatic carbocycles. The van der Waals surface area contributed by atoms with Crippen LogP contribution in [0.4, 0.5) is 0 Å². The maximum absolute atomic E-state index is 3.36. The molecule has 0 amide bonds. The van der Waals surface area contributed by atoms with Gasteiger partial charge in [-0.05, 0) is 19.3 Å².